The van der Waals surface area contributed by atoms with Gasteiger partial charge in [0.1, 0.15) is 5.60 Å². The minimum atomic E-state index is -0.949. The number of likely N-dealkylation sites (tertiary alicyclic amines) is 1. The second-order valence-corrected chi connectivity index (χ2v) is 5.86. The van der Waals surface area contributed by atoms with E-state index in [0.29, 0.717) is 39.0 Å². The van der Waals surface area contributed by atoms with Crippen LogP contribution < -0.4 is 5.32 Å². The lowest BCUT2D eigenvalue weighted by Crippen LogP contribution is -2.50. The van der Waals surface area contributed by atoms with Gasteiger partial charge in [0.2, 0.25) is 11.8 Å². The zero-order valence-corrected chi connectivity index (χ0v) is 12.2. The monoisotopic (exact) mass is 284 g/mol. The molecule has 0 aromatic carbocycles. The van der Waals surface area contributed by atoms with Crippen molar-refractivity contribution in [2.75, 3.05) is 26.2 Å². The van der Waals surface area contributed by atoms with Gasteiger partial charge in [-0.25, -0.2) is 0 Å². The Morgan fingerprint density at radius 2 is 2.05 bits per heavy atom. The van der Waals surface area contributed by atoms with Crippen molar-refractivity contribution in [3.63, 3.8) is 0 Å². The third-order valence-electron chi connectivity index (χ3n) is 4.54. The number of rotatable bonds is 3. The zero-order chi connectivity index (χ0) is 14.8. The number of nitrogens with one attached hydrogen (secondary N) is 1. The van der Waals surface area contributed by atoms with E-state index in [1.165, 1.54) is 0 Å². The number of piperidine rings is 1. The fourth-order valence-electron chi connectivity index (χ4n) is 2.84. The topological polar surface area (TPSA) is 78.9 Å². The van der Waals surface area contributed by atoms with Crippen molar-refractivity contribution in [2.24, 2.45) is 5.92 Å². The minimum absolute atomic E-state index is 0.0271. The van der Waals surface area contributed by atoms with Gasteiger partial charge < -0.3 is 20.1 Å². The summed E-state index contributed by atoms with van der Waals surface area (Å²) in [5.74, 6) is -0.0253. The molecule has 2 atom stereocenters. The molecule has 0 spiro atoms. The number of aliphatic hydroxyl groups is 1. The van der Waals surface area contributed by atoms with Gasteiger partial charge in [-0.3, -0.25) is 9.59 Å². The van der Waals surface area contributed by atoms with Crippen LogP contribution in [0.1, 0.15) is 33.1 Å². The molecule has 2 aliphatic rings. The van der Waals surface area contributed by atoms with Gasteiger partial charge in [0, 0.05) is 45.5 Å². The van der Waals surface area contributed by atoms with E-state index in [2.05, 4.69) is 5.32 Å². The second kappa shape index (κ2) is 6.10. The van der Waals surface area contributed by atoms with Gasteiger partial charge in [0.25, 0.3) is 0 Å². The smallest absolute Gasteiger partial charge is 0.223 e. The summed E-state index contributed by atoms with van der Waals surface area (Å²) in [5, 5.41) is 13.2. The quantitative estimate of drug-likeness (QED) is 0.758. The third-order valence-corrected chi connectivity index (χ3v) is 4.54. The van der Waals surface area contributed by atoms with Crippen LogP contribution in [0.5, 0.6) is 0 Å². The number of amides is 2. The van der Waals surface area contributed by atoms with Gasteiger partial charge in [-0.1, -0.05) is 0 Å². The molecule has 0 radical (unpaired) electrons. The van der Waals surface area contributed by atoms with Crippen LogP contribution in [0.4, 0.5) is 0 Å². The first-order valence-corrected chi connectivity index (χ1v) is 7.29. The Kier molecular flexibility index (Phi) is 4.65. The largest absolute Gasteiger partial charge is 0.385 e. The van der Waals surface area contributed by atoms with Crippen molar-refractivity contribution in [3.8, 4) is 0 Å². The number of nitrogens with zero attached hydrogens (tertiary/aromatic N) is 1. The Morgan fingerprint density at radius 3 is 2.55 bits per heavy atom. The lowest BCUT2D eigenvalue weighted by Gasteiger charge is -2.32. The van der Waals surface area contributed by atoms with Gasteiger partial charge in [0.05, 0.1) is 6.10 Å². The van der Waals surface area contributed by atoms with E-state index in [1.807, 2.05) is 6.92 Å². The van der Waals surface area contributed by atoms with Crippen LogP contribution in [-0.4, -0.2) is 59.8 Å². The van der Waals surface area contributed by atoms with Crippen molar-refractivity contribution in [1.82, 2.24) is 10.2 Å². The highest BCUT2D eigenvalue weighted by Crippen LogP contribution is 2.25. The van der Waals surface area contributed by atoms with Gasteiger partial charge in [0.15, 0.2) is 0 Å². The van der Waals surface area contributed by atoms with Crippen molar-refractivity contribution in [3.05, 3.63) is 0 Å². The molecule has 0 aromatic rings. The summed E-state index contributed by atoms with van der Waals surface area (Å²) in [4.78, 5) is 25.1. The maximum absolute atomic E-state index is 12.1. The first-order chi connectivity index (χ1) is 9.42. The molecule has 0 saturated carbocycles. The molecule has 114 valence electrons. The van der Waals surface area contributed by atoms with E-state index < -0.39 is 5.60 Å². The van der Waals surface area contributed by atoms with E-state index in [0.717, 1.165) is 0 Å². The summed E-state index contributed by atoms with van der Waals surface area (Å²) in [7, 11) is 0. The van der Waals surface area contributed by atoms with Gasteiger partial charge in [-0.15, -0.1) is 0 Å². The molecular weight excluding hydrogens is 260 g/mol. The molecule has 20 heavy (non-hydrogen) atoms. The van der Waals surface area contributed by atoms with Crippen LogP contribution in [0.2, 0.25) is 0 Å². The van der Waals surface area contributed by atoms with Gasteiger partial charge >= 0.3 is 0 Å². The van der Waals surface area contributed by atoms with E-state index in [4.69, 9.17) is 4.74 Å². The highest BCUT2D eigenvalue weighted by molar-refractivity contribution is 5.79. The van der Waals surface area contributed by atoms with Gasteiger partial charge in [-0.05, 0) is 19.8 Å². The highest BCUT2D eigenvalue weighted by Gasteiger charge is 2.40. The molecule has 2 rings (SSSR count). The molecule has 2 amide bonds. The van der Waals surface area contributed by atoms with Crippen LogP contribution in [-0.2, 0) is 14.3 Å². The zero-order valence-electron chi connectivity index (χ0n) is 12.2. The van der Waals surface area contributed by atoms with Crippen LogP contribution in [0.15, 0.2) is 0 Å². The molecule has 0 aromatic heterocycles. The molecular formula is C14H24N2O4. The summed E-state index contributed by atoms with van der Waals surface area (Å²) in [6.45, 7) is 5.42. The number of carbonyl (C=O) groups excluding carboxylic acids is 2. The van der Waals surface area contributed by atoms with E-state index >= 15 is 0 Å². The highest BCUT2D eigenvalue weighted by atomic mass is 16.5. The first kappa shape index (κ1) is 15.3. The maximum Gasteiger partial charge on any atom is 0.223 e. The number of hydrogen-bond acceptors (Lipinski definition) is 4. The summed E-state index contributed by atoms with van der Waals surface area (Å²) < 4.78 is 5.34. The summed E-state index contributed by atoms with van der Waals surface area (Å²) >= 11 is 0. The number of carbonyl (C=O) groups is 2. The molecule has 2 fully saturated rings. The molecule has 2 saturated heterocycles. The van der Waals surface area contributed by atoms with E-state index in [9.17, 15) is 14.7 Å². The average molecular weight is 284 g/mol. The van der Waals surface area contributed by atoms with Crippen molar-refractivity contribution in [2.45, 2.75) is 44.8 Å². The Morgan fingerprint density at radius 1 is 1.40 bits per heavy atom. The molecule has 2 aliphatic heterocycles. The summed E-state index contributed by atoms with van der Waals surface area (Å²) in [5.41, 5.74) is -0.949. The Balaban J connectivity index is 1.77. The lowest BCUT2D eigenvalue weighted by molar-refractivity contribution is -0.134. The number of ether oxygens (including phenoxy) is 1. The fourth-order valence-corrected chi connectivity index (χ4v) is 2.84. The van der Waals surface area contributed by atoms with Crippen molar-refractivity contribution >= 4 is 11.8 Å². The molecule has 0 aliphatic carbocycles. The standard InChI is InChI=1S/C14H24N2O4/c1-10-14(19,5-8-20-10)9-15-13(18)12-3-6-16(7-4-12)11(2)17/h10,12,19H,3-9H2,1-2H3,(H,15,18). The van der Waals surface area contributed by atoms with Crippen LogP contribution in [0.25, 0.3) is 0 Å². The third kappa shape index (κ3) is 3.30. The molecule has 2 heterocycles. The SMILES string of the molecule is CC(=O)N1CCC(C(=O)NCC2(O)CCOC2C)CC1. The average Bonchev–Trinajstić information content (AvgIpc) is 2.76. The molecule has 2 unspecified atom stereocenters. The predicted molar refractivity (Wildman–Crippen MR) is 73.0 cm³/mol. The van der Waals surface area contributed by atoms with E-state index in [-0.39, 0.29) is 30.4 Å². The van der Waals surface area contributed by atoms with Crippen molar-refractivity contribution < 1.29 is 19.4 Å². The fraction of sp³-hybridized carbons (Fsp3) is 0.857. The van der Waals surface area contributed by atoms with Crippen molar-refractivity contribution in [1.29, 1.82) is 0 Å². The van der Waals surface area contributed by atoms with Crippen LogP contribution in [0.3, 0.4) is 0 Å². The summed E-state index contributed by atoms with van der Waals surface area (Å²) in [6.07, 6.45) is 1.69. The number of hydrogen-bond donors (Lipinski definition) is 2. The Hall–Kier alpha value is -1.14. The normalized spacial score (nSPS) is 31.4. The Bertz CT molecular complexity index is 379. The minimum Gasteiger partial charge on any atom is -0.385 e. The van der Waals surface area contributed by atoms with Crippen LogP contribution >= 0.6 is 0 Å². The molecule has 0 bridgehead atoms. The lowest BCUT2D eigenvalue weighted by atomic mass is 9.93. The van der Waals surface area contributed by atoms with E-state index in [1.54, 1.807) is 11.8 Å². The predicted octanol–water partition coefficient (Wildman–Crippen LogP) is -0.0990. The molecule has 6 heteroatoms. The van der Waals surface area contributed by atoms with Gasteiger partial charge in [-0.2, -0.15) is 0 Å². The second-order valence-electron chi connectivity index (χ2n) is 5.86. The summed E-state index contributed by atoms with van der Waals surface area (Å²) in [6, 6.07) is 0. The van der Waals surface area contributed by atoms with Crippen LogP contribution in [0, 0.1) is 5.92 Å². The first-order valence-electron chi connectivity index (χ1n) is 7.29. The molecule has 2 N–H and O–H groups in total. The molecule has 6 nitrogen and oxygen atoms in total. The maximum atomic E-state index is 12.1. The Labute approximate surface area is 119 Å².